The van der Waals surface area contributed by atoms with Crippen molar-refractivity contribution in [3.63, 3.8) is 0 Å². The molecule has 13 heavy (non-hydrogen) atoms. The van der Waals surface area contributed by atoms with Crippen LogP contribution < -0.4 is 0 Å². The van der Waals surface area contributed by atoms with Crippen molar-refractivity contribution in [1.29, 1.82) is 0 Å². The third-order valence-corrected chi connectivity index (χ3v) is 3.89. The molecule has 0 heteroatoms. The molecule has 4 unspecified atom stereocenters. The van der Waals surface area contributed by atoms with Gasteiger partial charge in [-0.1, -0.05) is 39.0 Å². The Kier molecular flexibility index (Phi) is 2.31. The van der Waals surface area contributed by atoms with Gasteiger partial charge in [0.05, 0.1) is 0 Å². The molecule has 2 aliphatic carbocycles. The van der Waals surface area contributed by atoms with Gasteiger partial charge in [-0.05, 0) is 42.1 Å². The molecular weight excluding hydrogens is 156 g/mol. The zero-order valence-corrected chi connectivity index (χ0v) is 8.96. The van der Waals surface area contributed by atoms with E-state index < -0.39 is 0 Å². The summed E-state index contributed by atoms with van der Waals surface area (Å²) in [5.41, 5.74) is 1.62. The molecule has 0 bridgehead atoms. The Bertz CT molecular complexity index is 247. The lowest BCUT2D eigenvalue weighted by Gasteiger charge is -2.36. The molecule has 0 spiro atoms. The summed E-state index contributed by atoms with van der Waals surface area (Å²) >= 11 is 0. The zero-order chi connectivity index (χ0) is 9.42. The van der Waals surface area contributed by atoms with Crippen molar-refractivity contribution in [2.45, 2.75) is 33.6 Å². The Morgan fingerprint density at radius 3 is 2.69 bits per heavy atom. The minimum absolute atomic E-state index is 0.774. The molecule has 2 rings (SSSR count). The topological polar surface area (TPSA) is 0 Å². The van der Waals surface area contributed by atoms with Crippen LogP contribution in [0.1, 0.15) is 33.6 Å². The maximum Gasteiger partial charge on any atom is -0.0134 e. The van der Waals surface area contributed by atoms with E-state index in [1.807, 2.05) is 0 Å². The van der Waals surface area contributed by atoms with Crippen LogP contribution in [0.5, 0.6) is 0 Å². The van der Waals surface area contributed by atoms with E-state index in [2.05, 4.69) is 39.0 Å². The highest BCUT2D eigenvalue weighted by Crippen LogP contribution is 2.40. The second-order valence-electron chi connectivity index (χ2n) is 4.91. The lowest BCUT2D eigenvalue weighted by molar-refractivity contribution is 0.286. The van der Waals surface area contributed by atoms with Gasteiger partial charge in [-0.15, -0.1) is 0 Å². The molecule has 0 aliphatic heterocycles. The highest BCUT2D eigenvalue weighted by atomic mass is 14.3. The third-order valence-electron chi connectivity index (χ3n) is 3.89. The first kappa shape index (κ1) is 9.05. The van der Waals surface area contributed by atoms with Gasteiger partial charge in [-0.3, -0.25) is 0 Å². The van der Waals surface area contributed by atoms with Gasteiger partial charge in [-0.25, -0.2) is 0 Å². The molecule has 0 aromatic rings. The average Bonchev–Trinajstić information content (AvgIpc) is 2.12. The zero-order valence-electron chi connectivity index (χ0n) is 8.96. The summed E-state index contributed by atoms with van der Waals surface area (Å²) in [6.07, 6.45) is 10.0. The van der Waals surface area contributed by atoms with E-state index in [9.17, 15) is 0 Å². The van der Waals surface area contributed by atoms with Crippen LogP contribution >= 0.6 is 0 Å². The highest BCUT2D eigenvalue weighted by molar-refractivity contribution is 5.29. The number of hydrogen-bond acceptors (Lipinski definition) is 0. The van der Waals surface area contributed by atoms with E-state index in [0.717, 1.165) is 23.7 Å². The summed E-state index contributed by atoms with van der Waals surface area (Å²) in [7, 11) is 0. The lowest BCUT2D eigenvalue weighted by atomic mass is 9.69. The quantitative estimate of drug-likeness (QED) is 0.526. The fourth-order valence-corrected chi connectivity index (χ4v) is 2.69. The molecule has 0 fully saturated rings. The molecule has 2 aliphatic rings. The lowest BCUT2D eigenvalue weighted by Crippen LogP contribution is -2.26. The molecule has 4 atom stereocenters. The number of rotatable bonds is 0. The van der Waals surface area contributed by atoms with Crippen molar-refractivity contribution in [3.8, 4) is 0 Å². The smallest absolute Gasteiger partial charge is 0.0134 e. The van der Waals surface area contributed by atoms with Crippen LogP contribution in [0.15, 0.2) is 23.8 Å². The standard InChI is InChI=1S/C13H20/c1-9-4-7-13-11(3)10(2)5-6-12(13)8-9/h5-6,8-11,13H,4,7H2,1-3H3. The van der Waals surface area contributed by atoms with Gasteiger partial charge in [0.15, 0.2) is 0 Å². The molecule has 0 heterocycles. The Hall–Kier alpha value is -0.520. The van der Waals surface area contributed by atoms with E-state index in [4.69, 9.17) is 0 Å². The fraction of sp³-hybridized carbons (Fsp3) is 0.692. The summed E-state index contributed by atoms with van der Waals surface area (Å²) in [6.45, 7) is 7.08. The Labute approximate surface area is 81.7 Å². The largest absolute Gasteiger partial charge is 0.0811 e. The Morgan fingerprint density at radius 1 is 1.15 bits per heavy atom. The molecule has 0 aromatic heterocycles. The van der Waals surface area contributed by atoms with E-state index in [-0.39, 0.29) is 0 Å². The van der Waals surface area contributed by atoms with Crippen LogP contribution in [0.2, 0.25) is 0 Å². The molecule has 72 valence electrons. The van der Waals surface area contributed by atoms with Gasteiger partial charge in [0.25, 0.3) is 0 Å². The maximum absolute atomic E-state index is 2.48. The maximum atomic E-state index is 2.48. The second kappa shape index (κ2) is 3.32. The minimum atomic E-state index is 0.774. The highest BCUT2D eigenvalue weighted by Gasteiger charge is 2.29. The van der Waals surface area contributed by atoms with Crippen molar-refractivity contribution in [2.75, 3.05) is 0 Å². The van der Waals surface area contributed by atoms with Crippen LogP contribution in [0.25, 0.3) is 0 Å². The van der Waals surface area contributed by atoms with E-state index in [0.29, 0.717) is 0 Å². The van der Waals surface area contributed by atoms with Crippen molar-refractivity contribution in [2.24, 2.45) is 23.7 Å². The summed E-state index contributed by atoms with van der Waals surface area (Å²) in [6, 6.07) is 0. The summed E-state index contributed by atoms with van der Waals surface area (Å²) in [4.78, 5) is 0. The minimum Gasteiger partial charge on any atom is -0.0811 e. The van der Waals surface area contributed by atoms with Crippen molar-refractivity contribution in [3.05, 3.63) is 23.8 Å². The van der Waals surface area contributed by atoms with Gasteiger partial charge in [0.1, 0.15) is 0 Å². The van der Waals surface area contributed by atoms with E-state index >= 15 is 0 Å². The fourth-order valence-electron chi connectivity index (χ4n) is 2.69. The Morgan fingerprint density at radius 2 is 1.92 bits per heavy atom. The van der Waals surface area contributed by atoms with Gasteiger partial charge >= 0.3 is 0 Å². The molecule has 0 N–H and O–H groups in total. The molecular formula is C13H20. The first-order valence-electron chi connectivity index (χ1n) is 5.58. The predicted octanol–water partition coefficient (Wildman–Crippen LogP) is 3.80. The SMILES string of the molecule is CC1C=C2C=CC(C)C(C)C2CC1. The molecule has 0 amide bonds. The molecule has 0 aromatic carbocycles. The summed E-state index contributed by atoms with van der Waals surface area (Å²) < 4.78 is 0. The van der Waals surface area contributed by atoms with Gasteiger partial charge in [-0.2, -0.15) is 0 Å². The average molecular weight is 176 g/mol. The van der Waals surface area contributed by atoms with E-state index in [1.165, 1.54) is 12.8 Å². The monoisotopic (exact) mass is 176 g/mol. The van der Waals surface area contributed by atoms with Crippen LogP contribution in [-0.4, -0.2) is 0 Å². The molecule has 0 saturated heterocycles. The molecule has 0 radical (unpaired) electrons. The molecule has 0 nitrogen and oxygen atoms in total. The van der Waals surface area contributed by atoms with Crippen LogP contribution in [-0.2, 0) is 0 Å². The van der Waals surface area contributed by atoms with Gasteiger partial charge in [0, 0.05) is 0 Å². The van der Waals surface area contributed by atoms with Gasteiger partial charge < -0.3 is 0 Å². The second-order valence-corrected chi connectivity index (χ2v) is 4.91. The summed E-state index contributed by atoms with van der Waals surface area (Å²) in [5.74, 6) is 3.28. The van der Waals surface area contributed by atoms with Gasteiger partial charge in [0.2, 0.25) is 0 Å². The van der Waals surface area contributed by atoms with E-state index in [1.54, 1.807) is 5.57 Å². The first-order chi connectivity index (χ1) is 6.18. The van der Waals surface area contributed by atoms with Crippen molar-refractivity contribution in [1.82, 2.24) is 0 Å². The number of allylic oxidation sites excluding steroid dienone is 4. The van der Waals surface area contributed by atoms with Crippen LogP contribution in [0.4, 0.5) is 0 Å². The number of fused-ring (bicyclic) bond motifs is 1. The normalized spacial score (nSPS) is 44.1. The molecule has 0 saturated carbocycles. The first-order valence-corrected chi connectivity index (χ1v) is 5.58. The summed E-state index contributed by atoms with van der Waals surface area (Å²) in [5, 5.41) is 0. The third kappa shape index (κ3) is 1.59. The van der Waals surface area contributed by atoms with Crippen LogP contribution in [0.3, 0.4) is 0 Å². The number of hydrogen-bond donors (Lipinski definition) is 0. The van der Waals surface area contributed by atoms with Crippen molar-refractivity contribution >= 4 is 0 Å². The van der Waals surface area contributed by atoms with Crippen LogP contribution in [0, 0.1) is 23.7 Å². The van der Waals surface area contributed by atoms with Crippen molar-refractivity contribution < 1.29 is 0 Å². The predicted molar refractivity (Wildman–Crippen MR) is 57.4 cm³/mol. The Balaban J connectivity index is 2.27.